The van der Waals surface area contributed by atoms with E-state index in [1.165, 1.54) is 39.2 Å². The Hall–Kier alpha value is -2.74. The van der Waals surface area contributed by atoms with Crippen molar-refractivity contribution in [1.29, 1.82) is 0 Å². The van der Waals surface area contributed by atoms with Crippen LogP contribution in [0.2, 0.25) is 0 Å². The fourth-order valence-electron chi connectivity index (χ4n) is 3.68. The van der Waals surface area contributed by atoms with Crippen LogP contribution in [0.5, 0.6) is 0 Å². The molecule has 0 aliphatic heterocycles. The summed E-state index contributed by atoms with van der Waals surface area (Å²) in [5.41, 5.74) is 0. The summed E-state index contributed by atoms with van der Waals surface area (Å²) in [5, 5.41) is 4.02. The van der Waals surface area contributed by atoms with E-state index in [4.69, 9.17) is 4.74 Å². The highest BCUT2D eigenvalue weighted by molar-refractivity contribution is 7.95. The molecule has 0 atom stereocenters. The molecule has 4 heteroatoms. The number of ether oxygens (including phenoxy) is 1. The van der Waals surface area contributed by atoms with Gasteiger partial charge in [0.05, 0.1) is 7.11 Å². The second-order valence-electron chi connectivity index (χ2n) is 6.73. The monoisotopic (exact) mass is 417 g/mol. The lowest BCUT2D eigenvalue weighted by Gasteiger charge is -2.27. The standard InChI is InChI=1S/C25H22O2PS/c1-27-25(26)24-18-17-23(29-24)19-28(20-11-5-2-6-12-20,21-13-7-3-8-14-21)22-15-9-4-10-16-22/h2-18H,19H2,1H3/q+1. The molecule has 144 valence electrons. The van der Waals surface area contributed by atoms with Crippen molar-refractivity contribution in [1.82, 2.24) is 0 Å². The molecule has 0 aliphatic rings. The Morgan fingerprint density at radius 2 is 1.17 bits per heavy atom. The van der Waals surface area contributed by atoms with Crippen LogP contribution in [0.15, 0.2) is 103 Å². The van der Waals surface area contributed by atoms with Gasteiger partial charge in [-0.05, 0) is 48.5 Å². The van der Waals surface area contributed by atoms with Crippen molar-refractivity contribution in [3.63, 3.8) is 0 Å². The molecule has 0 saturated heterocycles. The van der Waals surface area contributed by atoms with Gasteiger partial charge in [-0.15, -0.1) is 11.3 Å². The van der Waals surface area contributed by atoms with Gasteiger partial charge in [-0.2, -0.15) is 0 Å². The highest BCUT2D eigenvalue weighted by atomic mass is 32.1. The molecule has 0 N–H and O–H groups in total. The van der Waals surface area contributed by atoms with Crippen molar-refractivity contribution in [3.8, 4) is 0 Å². The minimum atomic E-state index is -1.94. The van der Waals surface area contributed by atoms with Crippen molar-refractivity contribution < 1.29 is 9.53 Å². The first kappa shape index (κ1) is 19.6. The molecule has 0 bridgehead atoms. The minimum Gasteiger partial charge on any atom is -0.465 e. The molecule has 4 aromatic rings. The number of benzene rings is 3. The van der Waals surface area contributed by atoms with Gasteiger partial charge in [-0.1, -0.05) is 54.6 Å². The van der Waals surface area contributed by atoms with Gasteiger partial charge < -0.3 is 4.74 Å². The van der Waals surface area contributed by atoms with E-state index in [9.17, 15) is 4.79 Å². The molecular weight excluding hydrogens is 395 g/mol. The van der Waals surface area contributed by atoms with Crippen LogP contribution in [0.4, 0.5) is 0 Å². The maximum Gasteiger partial charge on any atom is 0.348 e. The van der Waals surface area contributed by atoms with E-state index in [-0.39, 0.29) is 5.97 Å². The van der Waals surface area contributed by atoms with E-state index >= 15 is 0 Å². The molecule has 1 aromatic heterocycles. The third kappa shape index (κ3) is 3.89. The SMILES string of the molecule is COC(=O)c1ccc(C[P+](c2ccccc2)(c2ccccc2)c2ccccc2)s1. The highest BCUT2D eigenvalue weighted by Crippen LogP contribution is 2.58. The van der Waals surface area contributed by atoms with E-state index in [2.05, 4.69) is 97.1 Å². The zero-order valence-electron chi connectivity index (χ0n) is 16.2. The number of methoxy groups -OCH3 is 1. The van der Waals surface area contributed by atoms with Crippen LogP contribution in [0.3, 0.4) is 0 Å². The van der Waals surface area contributed by atoms with Crippen LogP contribution >= 0.6 is 18.6 Å². The quantitative estimate of drug-likeness (QED) is 0.325. The van der Waals surface area contributed by atoms with E-state index in [1.54, 1.807) is 0 Å². The van der Waals surface area contributed by atoms with Crippen LogP contribution in [-0.2, 0) is 10.9 Å². The zero-order valence-corrected chi connectivity index (χ0v) is 17.9. The third-order valence-corrected chi connectivity index (χ3v) is 10.7. The summed E-state index contributed by atoms with van der Waals surface area (Å²) in [6, 6.07) is 36.3. The van der Waals surface area contributed by atoms with Gasteiger partial charge in [0.15, 0.2) is 0 Å². The summed E-state index contributed by atoms with van der Waals surface area (Å²) in [7, 11) is -0.515. The van der Waals surface area contributed by atoms with Gasteiger partial charge in [-0.25, -0.2) is 4.79 Å². The molecule has 4 rings (SSSR count). The highest BCUT2D eigenvalue weighted by Gasteiger charge is 2.45. The Morgan fingerprint density at radius 3 is 1.59 bits per heavy atom. The van der Waals surface area contributed by atoms with Crippen LogP contribution in [0.25, 0.3) is 0 Å². The van der Waals surface area contributed by atoms with Gasteiger partial charge in [0.2, 0.25) is 0 Å². The Labute approximate surface area is 176 Å². The summed E-state index contributed by atoms with van der Waals surface area (Å²) in [4.78, 5) is 13.8. The van der Waals surface area contributed by atoms with Gasteiger partial charge in [0.1, 0.15) is 34.2 Å². The Balaban J connectivity index is 1.93. The average Bonchev–Trinajstić information content (AvgIpc) is 3.27. The summed E-state index contributed by atoms with van der Waals surface area (Å²) < 4.78 is 4.91. The summed E-state index contributed by atoms with van der Waals surface area (Å²) >= 11 is 1.53. The van der Waals surface area contributed by atoms with Gasteiger partial charge in [-0.3, -0.25) is 0 Å². The lowest BCUT2D eigenvalue weighted by molar-refractivity contribution is 0.0606. The normalized spacial score (nSPS) is 11.2. The first-order chi connectivity index (χ1) is 14.2. The molecule has 0 saturated carbocycles. The predicted octanol–water partition coefficient (Wildman–Crippen LogP) is 5.03. The van der Waals surface area contributed by atoms with E-state index in [0.29, 0.717) is 4.88 Å². The smallest absolute Gasteiger partial charge is 0.348 e. The van der Waals surface area contributed by atoms with Gasteiger partial charge in [0.25, 0.3) is 0 Å². The third-order valence-electron chi connectivity index (χ3n) is 5.03. The molecule has 0 unspecified atom stereocenters. The van der Waals surface area contributed by atoms with E-state index in [1.807, 2.05) is 6.07 Å². The molecule has 2 nitrogen and oxygen atoms in total. The topological polar surface area (TPSA) is 26.3 Å². The van der Waals surface area contributed by atoms with Crippen molar-refractivity contribution >= 4 is 40.5 Å². The minimum absolute atomic E-state index is 0.274. The van der Waals surface area contributed by atoms with Crippen molar-refractivity contribution in [2.75, 3.05) is 7.11 Å². The van der Waals surface area contributed by atoms with Crippen LogP contribution < -0.4 is 15.9 Å². The summed E-state index contributed by atoms with van der Waals surface area (Å²) in [5.74, 6) is -0.274. The molecular formula is C25H22O2PS+. The Bertz CT molecular complexity index is 979. The molecule has 0 radical (unpaired) electrons. The molecule has 3 aromatic carbocycles. The number of rotatable bonds is 6. The second-order valence-corrected chi connectivity index (χ2v) is 11.4. The van der Waals surface area contributed by atoms with E-state index in [0.717, 1.165) is 6.16 Å². The van der Waals surface area contributed by atoms with Crippen molar-refractivity contribution in [2.45, 2.75) is 6.16 Å². The molecule has 1 heterocycles. The second kappa shape index (κ2) is 8.73. The number of carbonyl (C=O) groups is 1. The van der Waals surface area contributed by atoms with E-state index < -0.39 is 7.26 Å². The predicted molar refractivity (Wildman–Crippen MR) is 125 cm³/mol. The van der Waals surface area contributed by atoms with Gasteiger partial charge >= 0.3 is 5.97 Å². The molecule has 29 heavy (non-hydrogen) atoms. The Morgan fingerprint density at radius 1 is 0.724 bits per heavy atom. The largest absolute Gasteiger partial charge is 0.465 e. The fourth-order valence-corrected chi connectivity index (χ4v) is 9.29. The zero-order chi connectivity index (χ0) is 20.1. The average molecular weight is 417 g/mol. The van der Waals surface area contributed by atoms with Crippen LogP contribution in [0, 0.1) is 0 Å². The number of esters is 1. The van der Waals surface area contributed by atoms with Crippen molar-refractivity contribution in [2.24, 2.45) is 0 Å². The molecule has 0 amide bonds. The lowest BCUT2D eigenvalue weighted by atomic mass is 10.4. The first-order valence-corrected chi connectivity index (χ1v) is 12.2. The van der Waals surface area contributed by atoms with Crippen molar-refractivity contribution in [3.05, 3.63) is 113 Å². The van der Waals surface area contributed by atoms with Gasteiger partial charge in [0, 0.05) is 4.88 Å². The maximum absolute atomic E-state index is 12.0. The fraction of sp³-hybridized carbons (Fsp3) is 0.0800. The first-order valence-electron chi connectivity index (χ1n) is 9.46. The number of hydrogen-bond donors (Lipinski definition) is 0. The Kier molecular flexibility index (Phi) is 5.89. The summed E-state index contributed by atoms with van der Waals surface area (Å²) in [6.45, 7) is 0. The lowest BCUT2D eigenvalue weighted by Crippen LogP contribution is -2.32. The summed E-state index contributed by atoms with van der Waals surface area (Å²) in [6.07, 6.45) is 0.868. The molecule has 0 fully saturated rings. The number of thiophene rings is 1. The maximum atomic E-state index is 12.0. The molecule has 0 spiro atoms. The van der Waals surface area contributed by atoms with Crippen LogP contribution in [-0.4, -0.2) is 13.1 Å². The van der Waals surface area contributed by atoms with Crippen LogP contribution in [0.1, 0.15) is 14.5 Å². The number of hydrogen-bond acceptors (Lipinski definition) is 3. The molecule has 0 aliphatic carbocycles. The number of carbonyl (C=O) groups excluding carboxylic acids is 1.